The van der Waals surface area contributed by atoms with Gasteiger partial charge in [0.15, 0.2) is 6.61 Å². The van der Waals surface area contributed by atoms with Crippen LogP contribution in [0.4, 0.5) is 8.78 Å². The monoisotopic (exact) mass is 434 g/mol. The molecule has 2 N–H and O–H groups in total. The first kappa shape index (κ1) is 22.5. The standard InChI is InChI=1S/C21H24F2N4O4/c1-13-8-14(9-26-19(13)31-12-21(2,22)23)10-27-11-16-15(20(27)30)4-6-24-17(16)18(29)25-5-3-7-28/h4,6,8-9,28H,3,5,7,10-12H2,1-2H3,(H,25,29). The minimum Gasteiger partial charge on any atom is -0.471 e. The van der Waals surface area contributed by atoms with Crippen LogP contribution >= 0.6 is 0 Å². The topological polar surface area (TPSA) is 105 Å². The van der Waals surface area contributed by atoms with Crippen LogP contribution in [0.3, 0.4) is 0 Å². The number of nitrogens with zero attached hydrogens (tertiary/aromatic N) is 3. The normalized spacial score (nSPS) is 13.3. The molecular weight excluding hydrogens is 410 g/mol. The lowest BCUT2D eigenvalue weighted by atomic mass is 10.1. The molecule has 0 atom stereocenters. The predicted molar refractivity (Wildman–Crippen MR) is 107 cm³/mol. The number of amides is 2. The Bertz CT molecular complexity index is 978. The molecule has 0 saturated carbocycles. The predicted octanol–water partition coefficient (Wildman–Crippen LogP) is 2.09. The third-order valence-electron chi connectivity index (χ3n) is 4.68. The van der Waals surface area contributed by atoms with E-state index in [1.54, 1.807) is 24.0 Å². The van der Waals surface area contributed by atoms with Gasteiger partial charge in [0.2, 0.25) is 5.88 Å². The summed E-state index contributed by atoms with van der Waals surface area (Å²) >= 11 is 0. The summed E-state index contributed by atoms with van der Waals surface area (Å²) in [6.45, 7) is 2.41. The maximum absolute atomic E-state index is 13.0. The van der Waals surface area contributed by atoms with Gasteiger partial charge in [-0.1, -0.05) is 0 Å². The van der Waals surface area contributed by atoms with Crippen molar-refractivity contribution in [3.63, 3.8) is 0 Å². The van der Waals surface area contributed by atoms with E-state index in [4.69, 9.17) is 9.84 Å². The Balaban J connectivity index is 1.71. The summed E-state index contributed by atoms with van der Waals surface area (Å²) in [4.78, 5) is 35.0. The fourth-order valence-corrected chi connectivity index (χ4v) is 3.25. The third-order valence-corrected chi connectivity index (χ3v) is 4.68. The smallest absolute Gasteiger partial charge is 0.278 e. The number of aliphatic hydroxyl groups is 1. The number of hydrogen-bond donors (Lipinski definition) is 2. The maximum atomic E-state index is 13.0. The molecule has 3 rings (SSSR count). The second-order valence-corrected chi connectivity index (χ2v) is 7.50. The Labute approximate surface area is 178 Å². The van der Waals surface area contributed by atoms with E-state index in [1.165, 1.54) is 12.4 Å². The van der Waals surface area contributed by atoms with Gasteiger partial charge in [0, 0.05) is 62.2 Å². The number of aliphatic hydroxyl groups excluding tert-OH is 1. The summed E-state index contributed by atoms with van der Waals surface area (Å²) in [5.74, 6) is -3.47. The molecule has 0 fully saturated rings. The van der Waals surface area contributed by atoms with Gasteiger partial charge in [0.05, 0.1) is 0 Å². The maximum Gasteiger partial charge on any atom is 0.278 e. The van der Waals surface area contributed by atoms with Crippen molar-refractivity contribution in [1.82, 2.24) is 20.2 Å². The van der Waals surface area contributed by atoms with E-state index in [0.29, 0.717) is 35.2 Å². The van der Waals surface area contributed by atoms with Crippen molar-refractivity contribution in [3.8, 4) is 5.88 Å². The molecular formula is C21H24F2N4O4. The highest BCUT2D eigenvalue weighted by atomic mass is 19.3. The number of ether oxygens (including phenoxy) is 1. The zero-order valence-electron chi connectivity index (χ0n) is 17.3. The summed E-state index contributed by atoms with van der Waals surface area (Å²) < 4.78 is 31.1. The van der Waals surface area contributed by atoms with E-state index in [2.05, 4.69) is 15.3 Å². The van der Waals surface area contributed by atoms with Crippen molar-refractivity contribution in [3.05, 3.63) is 52.5 Å². The highest BCUT2D eigenvalue weighted by Gasteiger charge is 2.32. The SMILES string of the molecule is Cc1cc(CN2Cc3c(ccnc3C(=O)NCCCO)C2=O)cnc1OCC(C)(F)F. The second kappa shape index (κ2) is 9.34. The van der Waals surface area contributed by atoms with Crippen LogP contribution in [0.2, 0.25) is 0 Å². The molecule has 10 heteroatoms. The number of aromatic nitrogens is 2. The summed E-state index contributed by atoms with van der Waals surface area (Å²) in [5.41, 5.74) is 2.43. The Morgan fingerprint density at radius 3 is 2.84 bits per heavy atom. The molecule has 31 heavy (non-hydrogen) atoms. The van der Waals surface area contributed by atoms with Gasteiger partial charge in [0.25, 0.3) is 17.7 Å². The van der Waals surface area contributed by atoms with Gasteiger partial charge in [-0.2, -0.15) is 0 Å². The summed E-state index contributed by atoms with van der Waals surface area (Å²) in [6.07, 6.45) is 3.32. The number of fused-ring (bicyclic) bond motifs is 1. The lowest BCUT2D eigenvalue weighted by Gasteiger charge is -2.17. The number of halogens is 2. The number of aryl methyl sites for hydroxylation is 1. The molecule has 8 nitrogen and oxygen atoms in total. The Kier molecular flexibility index (Phi) is 6.79. The number of hydrogen-bond acceptors (Lipinski definition) is 6. The first-order valence-corrected chi connectivity index (χ1v) is 9.82. The van der Waals surface area contributed by atoms with Crippen molar-refractivity contribution in [2.24, 2.45) is 0 Å². The number of carbonyl (C=O) groups excluding carboxylic acids is 2. The Hall–Kier alpha value is -3.14. The van der Waals surface area contributed by atoms with Crippen molar-refractivity contribution < 1.29 is 28.2 Å². The highest BCUT2D eigenvalue weighted by Crippen LogP contribution is 2.27. The average Bonchev–Trinajstić information content (AvgIpc) is 3.02. The van der Waals surface area contributed by atoms with Gasteiger partial charge in [-0.3, -0.25) is 14.6 Å². The van der Waals surface area contributed by atoms with Gasteiger partial charge < -0.3 is 20.1 Å². The van der Waals surface area contributed by atoms with Crippen LogP contribution in [0.25, 0.3) is 0 Å². The minimum atomic E-state index is -2.96. The molecule has 0 bridgehead atoms. The Morgan fingerprint density at radius 2 is 2.16 bits per heavy atom. The second-order valence-electron chi connectivity index (χ2n) is 7.50. The van der Waals surface area contributed by atoms with Crippen LogP contribution in [0, 0.1) is 6.92 Å². The molecule has 166 valence electrons. The fraction of sp³-hybridized carbons (Fsp3) is 0.429. The number of alkyl halides is 2. The third kappa shape index (κ3) is 5.52. The molecule has 2 aromatic heterocycles. The first-order valence-electron chi connectivity index (χ1n) is 9.82. The largest absolute Gasteiger partial charge is 0.471 e. The lowest BCUT2D eigenvalue weighted by molar-refractivity contribution is -0.0244. The van der Waals surface area contributed by atoms with Crippen LogP contribution in [-0.4, -0.2) is 57.5 Å². The number of pyridine rings is 2. The molecule has 1 aliphatic rings. The van der Waals surface area contributed by atoms with Crippen LogP contribution < -0.4 is 10.1 Å². The fourth-order valence-electron chi connectivity index (χ4n) is 3.25. The first-order chi connectivity index (χ1) is 14.7. The van der Waals surface area contributed by atoms with Crippen LogP contribution in [-0.2, 0) is 13.1 Å². The number of carbonyl (C=O) groups is 2. The molecule has 0 spiro atoms. The van der Waals surface area contributed by atoms with Crippen LogP contribution in [0.1, 0.15) is 50.9 Å². The van der Waals surface area contributed by atoms with Gasteiger partial charge in [0.1, 0.15) is 5.69 Å². The molecule has 0 unspecified atom stereocenters. The van der Waals surface area contributed by atoms with E-state index in [-0.39, 0.29) is 37.2 Å². The number of nitrogens with one attached hydrogen (secondary N) is 1. The van der Waals surface area contributed by atoms with Gasteiger partial charge in [-0.05, 0) is 31.0 Å². The lowest BCUT2D eigenvalue weighted by Crippen LogP contribution is -2.27. The average molecular weight is 434 g/mol. The van der Waals surface area contributed by atoms with Gasteiger partial charge in [-0.15, -0.1) is 0 Å². The van der Waals surface area contributed by atoms with Crippen LogP contribution in [0.15, 0.2) is 24.5 Å². The van der Waals surface area contributed by atoms with Gasteiger partial charge >= 0.3 is 0 Å². The van der Waals surface area contributed by atoms with Gasteiger partial charge in [-0.25, -0.2) is 13.8 Å². The quantitative estimate of drug-likeness (QED) is 0.586. The molecule has 2 aromatic rings. The van der Waals surface area contributed by atoms with E-state index in [9.17, 15) is 18.4 Å². The molecule has 0 aromatic carbocycles. The molecule has 2 amide bonds. The molecule has 0 saturated heterocycles. The summed E-state index contributed by atoms with van der Waals surface area (Å²) in [7, 11) is 0. The van der Waals surface area contributed by atoms with Crippen molar-refractivity contribution in [1.29, 1.82) is 0 Å². The van der Waals surface area contributed by atoms with E-state index in [1.807, 2.05) is 0 Å². The minimum absolute atomic E-state index is 0.0367. The molecule has 0 radical (unpaired) electrons. The Morgan fingerprint density at radius 1 is 1.39 bits per heavy atom. The van der Waals surface area contributed by atoms with E-state index >= 15 is 0 Å². The molecule has 1 aliphatic heterocycles. The number of rotatable bonds is 9. The zero-order chi connectivity index (χ0) is 22.6. The van der Waals surface area contributed by atoms with Crippen molar-refractivity contribution in [2.45, 2.75) is 39.3 Å². The van der Waals surface area contributed by atoms with E-state index in [0.717, 1.165) is 6.92 Å². The highest BCUT2D eigenvalue weighted by molar-refractivity contribution is 6.03. The van der Waals surface area contributed by atoms with Crippen molar-refractivity contribution in [2.75, 3.05) is 19.8 Å². The van der Waals surface area contributed by atoms with E-state index < -0.39 is 18.4 Å². The summed E-state index contributed by atoms with van der Waals surface area (Å²) in [5, 5.41) is 11.5. The van der Waals surface area contributed by atoms with Crippen molar-refractivity contribution >= 4 is 11.8 Å². The molecule has 0 aliphatic carbocycles. The van der Waals surface area contributed by atoms with Crippen LogP contribution in [0.5, 0.6) is 5.88 Å². The summed E-state index contributed by atoms with van der Waals surface area (Å²) in [6, 6.07) is 3.31. The zero-order valence-corrected chi connectivity index (χ0v) is 17.3. The molecule has 3 heterocycles.